The number of fused-ring (bicyclic) bond motifs is 1. The fourth-order valence-electron chi connectivity index (χ4n) is 3.71. The Morgan fingerprint density at radius 1 is 0.811 bits per heavy atom. The van der Waals surface area contributed by atoms with Crippen LogP contribution in [0.25, 0.3) is 16.5 Å². The van der Waals surface area contributed by atoms with Crippen LogP contribution in [0.3, 0.4) is 0 Å². The first-order valence-electron chi connectivity index (χ1n) is 11.5. The maximum absolute atomic E-state index is 12.6. The summed E-state index contributed by atoms with van der Waals surface area (Å²) >= 11 is 0. The van der Waals surface area contributed by atoms with Gasteiger partial charge >= 0.3 is 0 Å². The van der Waals surface area contributed by atoms with Gasteiger partial charge in [-0.2, -0.15) is 0 Å². The first kappa shape index (κ1) is 25.8. The van der Waals surface area contributed by atoms with Crippen molar-refractivity contribution < 1.29 is 33.3 Å². The van der Waals surface area contributed by atoms with Crippen LogP contribution in [0, 0.1) is 0 Å². The van der Waals surface area contributed by atoms with Crippen LogP contribution in [0.4, 0.5) is 11.5 Å². The lowest BCUT2D eigenvalue weighted by atomic mass is 9.95. The van der Waals surface area contributed by atoms with Crippen molar-refractivity contribution in [2.45, 2.75) is 0 Å². The molecule has 3 aromatic rings. The number of ether oxygens (including phenoxy) is 5. The molecule has 0 saturated heterocycles. The number of methoxy groups -OCH3 is 3. The third kappa shape index (κ3) is 6.11. The minimum Gasteiger partial charge on any atom is -0.493 e. The monoisotopic (exact) mass is 505 g/mol. The summed E-state index contributed by atoms with van der Waals surface area (Å²) in [5, 5.41) is 3.98. The van der Waals surface area contributed by atoms with Gasteiger partial charge in [-0.05, 0) is 42.5 Å². The Labute approximate surface area is 213 Å². The van der Waals surface area contributed by atoms with Crippen molar-refractivity contribution in [2.24, 2.45) is 0 Å². The third-order valence-corrected chi connectivity index (χ3v) is 5.49. The number of ketones is 2. The van der Waals surface area contributed by atoms with Gasteiger partial charge in [0.25, 0.3) is 0 Å². The Morgan fingerprint density at radius 3 is 2.30 bits per heavy atom. The highest BCUT2D eigenvalue weighted by molar-refractivity contribution is 6.34. The molecular weight excluding hydrogens is 478 g/mol. The van der Waals surface area contributed by atoms with Crippen LogP contribution < -0.4 is 19.5 Å². The summed E-state index contributed by atoms with van der Waals surface area (Å²) in [5.41, 5.74) is 2.00. The number of allylic oxidation sites excluding steroid dienone is 4. The van der Waals surface area contributed by atoms with E-state index in [1.54, 1.807) is 51.7 Å². The van der Waals surface area contributed by atoms with Crippen LogP contribution in [0.15, 0.2) is 54.9 Å². The van der Waals surface area contributed by atoms with E-state index in [9.17, 15) is 9.59 Å². The predicted molar refractivity (Wildman–Crippen MR) is 138 cm³/mol. The van der Waals surface area contributed by atoms with Crippen LogP contribution in [-0.4, -0.2) is 69.3 Å². The molecule has 10 heteroatoms. The molecule has 0 amide bonds. The van der Waals surface area contributed by atoms with Crippen molar-refractivity contribution in [3.05, 3.63) is 60.5 Å². The first-order chi connectivity index (χ1) is 18.0. The van der Waals surface area contributed by atoms with E-state index in [1.165, 1.54) is 24.6 Å². The van der Waals surface area contributed by atoms with E-state index < -0.39 is 0 Å². The number of carbonyl (C=O) groups excluding carboxylic acids is 2. The van der Waals surface area contributed by atoms with E-state index in [2.05, 4.69) is 15.3 Å². The zero-order valence-electron chi connectivity index (χ0n) is 20.8. The maximum atomic E-state index is 12.6. The topological polar surface area (TPSA) is 118 Å². The summed E-state index contributed by atoms with van der Waals surface area (Å²) in [6.07, 6.45) is 5.25. The molecule has 0 spiro atoms. The molecule has 1 aliphatic rings. The highest BCUT2D eigenvalue weighted by Gasteiger charge is 2.20. The van der Waals surface area contributed by atoms with Gasteiger partial charge in [-0.1, -0.05) is 0 Å². The molecule has 1 heterocycles. The predicted octanol–water partition coefficient (Wildman–Crippen LogP) is 3.52. The maximum Gasteiger partial charge on any atom is 0.186 e. The molecule has 0 bridgehead atoms. The lowest BCUT2D eigenvalue weighted by Gasteiger charge is -2.17. The average Bonchev–Trinajstić information content (AvgIpc) is 2.91. The number of anilines is 2. The van der Waals surface area contributed by atoms with Gasteiger partial charge in [-0.25, -0.2) is 9.97 Å². The second-order valence-corrected chi connectivity index (χ2v) is 7.92. The third-order valence-electron chi connectivity index (χ3n) is 5.49. The molecule has 0 saturated carbocycles. The number of nitrogens with one attached hydrogen (secondary N) is 1. The van der Waals surface area contributed by atoms with Gasteiger partial charge in [-0.15, -0.1) is 0 Å². The van der Waals surface area contributed by atoms with Gasteiger partial charge in [0.1, 0.15) is 31.1 Å². The fraction of sp³-hybridized carbons (Fsp3) is 0.259. The number of hydrogen-bond acceptors (Lipinski definition) is 10. The second kappa shape index (κ2) is 12.1. The van der Waals surface area contributed by atoms with Crippen molar-refractivity contribution in [1.82, 2.24) is 9.97 Å². The van der Waals surface area contributed by atoms with Crippen molar-refractivity contribution in [2.75, 3.05) is 53.1 Å². The number of carbonyl (C=O) groups is 2. The van der Waals surface area contributed by atoms with Gasteiger partial charge in [0.2, 0.25) is 0 Å². The molecule has 1 aromatic heterocycles. The number of benzene rings is 2. The first-order valence-corrected chi connectivity index (χ1v) is 11.5. The number of nitrogens with zero attached hydrogens (tertiary/aromatic N) is 2. The van der Waals surface area contributed by atoms with Crippen molar-refractivity contribution in [1.29, 1.82) is 0 Å². The summed E-state index contributed by atoms with van der Waals surface area (Å²) in [7, 11) is 4.73. The number of aromatic nitrogens is 2. The van der Waals surface area contributed by atoms with E-state index in [1.807, 2.05) is 0 Å². The van der Waals surface area contributed by atoms with E-state index in [-0.39, 0.29) is 23.7 Å². The van der Waals surface area contributed by atoms with Crippen LogP contribution in [-0.2, 0) is 19.1 Å². The van der Waals surface area contributed by atoms with Crippen molar-refractivity contribution in [3.8, 4) is 17.2 Å². The van der Waals surface area contributed by atoms with Gasteiger partial charge in [0, 0.05) is 42.5 Å². The Hall–Kier alpha value is -4.28. The van der Waals surface area contributed by atoms with Crippen molar-refractivity contribution in [3.63, 3.8) is 0 Å². The summed E-state index contributed by atoms with van der Waals surface area (Å²) in [4.78, 5) is 33.4. The SMILES string of the molecule is COCCOc1cc2ncnc(Nc3ccc(OCCOC)c(C4=CC(=O)C=CC4=O)c3)c2cc1OC. The van der Waals surface area contributed by atoms with Gasteiger partial charge in [0.05, 0.1) is 25.8 Å². The number of rotatable bonds is 12. The lowest BCUT2D eigenvalue weighted by molar-refractivity contribution is -0.113. The summed E-state index contributed by atoms with van der Waals surface area (Å²) in [6, 6.07) is 8.84. The van der Waals surface area contributed by atoms with Gasteiger partial charge < -0.3 is 29.0 Å². The van der Waals surface area contributed by atoms with E-state index in [4.69, 9.17) is 23.7 Å². The van der Waals surface area contributed by atoms with Crippen molar-refractivity contribution >= 4 is 39.5 Å². The molecule has 0 atom stereocenters. The largest absolute Gasteiger partial charge is 0.493 e. The standard InChI is InChI=1S/C27H27N3O7/c1-33-8-10-36-24-7-4-17(12-20(24)19-13-18(31)5-6-23(19)32)30-27-21-14-25(35-3)26(37-11-9-34-2)15-22(21)28-16-29-27/h4-7,12-16H,8-11H2,1-3H3,(H,28,29,30). The molecule has 1 aliphatic carbocycles. The summed E-state index contributed by atoms with van der Waals surface area (Å²) in [5.74, 6) is 1.48. The van der Waals surface area contributed by atoms with Crippen LogP contribution in [0.5, 0.6) is 17.2 Å². The van der Waals surface area contributed by atoms with Gasteiger partial charge in [-0.3, -0.25) is 9.59 Å². The smallest absolute Gasteiger partial charge is 0.186 e. The van der Waals surface area contributed by atoms with Crippen LogP contribution >= 0.6 is 0 Å². The van der Waals surface area contributed by atoms with Crippen LogP contribution in [0.2, 0.25) is 0 Å². The Morgan fingerprint density at radius 2 is 1.57 bits per heavy atom. The molecule has 4 rings (SSSR count). The molecule has 37 heavy (non-hydrogen) atoms. The fourth-order valence-corrected chi connectivity index (χ4v) is 3.71. The average molecular weight is 506 g/mol. The van der Waals surface area contributed by atoms with E-state index >= 15 is 0 Å². The minimum absolute atomic E-state index is 0.246. The quantitative estimate of drug-likeness (QED) is 0.289. The molecule has 10 nitrogen and oxygen atoms in total. The molecule has 0 radical (unpaired) electrons. The summed E-state index contributed by atoms with van der Waals surface area (Å²) in [6.45, 7) is 1.46. The molecular formula is C27H27N3O7. The molecule has 2 aromatic carbocycles. The Bertz CT molecular complexity index is 1370. The van der Waals surface area contributed by atoms with E-state index in [0.29, 0.717) is 65.0 Å². The normalized spacial score (nSPS) is 13.0. The van der Waals surface area contributed by atoms with Crippen LogP contribution in [0.1, 0.15) is 5.56 Å². The highest BCUT2D eigenvalue weighted by Crippen LogP contribution is 2.36. The lowest BCUT2D eigenvalue weighted by Crippen LogP contribution is -2.11. The van der Waals surface area contributed by atoms with E-state index in [0.717, 1.165) is 0 Å². The summed E-state index contributed by atoms with van der Waals surface area (Å²) < 4.78 is 27.2. The zero-order valence-corrected chi connectivity index (χ0v) is 20.8. The molecule has 192 valence electrons. The molecule has 0 aliphatic heterocycles. The zero-order chi connectivity index (χ0) is 26.2. The molecule has 0 fully saturated rings. The second-order valence-electron chi connectivity index (χ2n) is 7.92. The Kier molecular flexibility index (Phi) is 8.44. The minimum atomic E-state index is -0.286. The molecule has 0 unspecified atom stereocenters. The van der Waals surface area contributed by atoms with Gasteiger partial charge in [0.15, 0.2) is 23.1 Å². The molecule has 1 N–H and O–H groups in total. The number of hydrogen-bond donors (Lipinski definition) is 1. The Balaban J connectivity index is 1.70. The highest BCUT2D eigenvalue weighted by atomic mass is 16.5.